The molecule has 2 atom stereocenters. The maximum Gasteiger partial charge on any atom is 0.126 e. The van der Waals surface area contributed by atoms with Crippen LogP contribution < -0.4 is 11.5 Å². The summed E-state index contributed by atoms with van der Waals surface area (Å²) >= 11 is 0. The van der Waals surface area contributed by atoms with Crippen LogP contribution >= 0.6 is 0 Å². The third-order valence-corrected chi connectivity index (χ3v) is 8.21. The fourth-order valence-corrected chi connectivity index (χ4v) is 5.33. The lowest BCUT2D eigenvalue weighted by Gasteiger charge is -2.32. The normalized spacial score (nSPS) is 21.4. The van der Waals surface area contributed by atoms with Crippen LogP contribution in [0.4, 0.5) is 0 Å². The number of rotatable bonds is 2. The third-order valence-electron chi connectivity index (χ3n) is 8.21. The lowest BCUT2D eigenvalue weighted by Crippen LogP contribution is -2.45. The van der Waals surface area contributed by atoms with Gasteiger partial charge in [0.15, 0.2) is 0 Å². The number of benzene rings is 2. The van der Waals surface area contributed by atoms with Crippen LogP contribution in [-0.4, -0.2) is 22.3 Å². The van der Waals surface area contributed by atoms with Gasteiger partial charge in [-0.25, -0.2) is 0 Å². The first-order valence-corrected chi connectivity index (χ1v) is 14.7. The molecule has 2 aromatic rings. The summed E-state index contributed by atoms with van der Waals surface area (Å²) in [4.78, 5) is 0. The van der Waals surface area contributed by atoms with Gasteiger partial charge in [0.2, 0.25) is 0 Å². The van der Waals surface area contributed by atoms with Crippen LogP contribution in [0.1, 0.15) is 129 Å². The Morgan fingerprint density at radius 1 is 0.625 bits per heavy atom. The van der Waals surface area contributed by atoms with Crippen molar-refractivity contribution in [1.82, 2.24) is 0 Å². The fraction of sp³-hybridized carbons (Fsp3) is 0.556. The molecule has 0 amide bonds. The van der Waals surface area contributed by atoms with E-state index in [2.05, 4.69) is 113 Å². The summed E-state index contributed by atoms with van der Waals surface area (Å²) in [5.74, 6) is 0.592. The van der Waals surface area contributed by atoms with E-state index in [0.717, 1.165) is 51.8 Å². The minimum atomic E-state index is -0.384. The highest BCUT2D eigenvalue weighted by Crippen LogP contribution is 2.42. The van der Waals surface area contributed by atoms with Gasteiger partial charge in [0.05, 0.1) is 0 Å². The van der Waals surface area contributed by atoms with Crippen LogP contribution in [0.25, 0.3) is 12.2 Å². The molecule has 40 heavy (non-hydrogen) atoms. The standard InChI is InChI=1S/C36H54N2O2/c1-33(2,3)24-16-22(31(39)27(19-24)35(7,8)9)15-21-13-14-29(37)30(38)26(21)18-23-17-25(34(4,5)6)20-28(32(23)40)36(10,11)12/h15-20,29-30,39-40H,13-14,37-38H2,1-12H3. The summed E-state index contributed by atoms with van der Waals surface area (Å²) < 4.78 is 0. The molecular formula is C36H54N2O2. The second kappa shape index (κ2) is 10.7. The molecule has 0 spiro atoms. The Morgan fingerprint density at radius 3 is 1.40 bits per heavy atom. The van der Waals surface area contributed by atoms with Gasteiger partial charge in [0.25, 0.3) is 0 Å². The van der Waals surface area contributed by atoms with E-state index in [1.807, 2.05) is 6.08 Å². The van der Waals surface area contributed by atoms with Crippen molar-refractivity contribution in [2.45, 2.75) is 130 Å². The Labute approximate surface area is 243 Å². The molecule has 0 saturated heterocycles. The summed E-state index contributed by atoms with van der Waals surface area (Å²) in [6.45, 7) is 25.9. The summed E-state index contributed by atoms with van der Waals surface area (Å²) in [6, 6.07) is 7.89. The Balaban J connectivity index is 2.33. The number of phenolic OH excluding ortho intramolecular Hbond substituents is 2. The summed E-state index contributed by atoms with van der Waals surface area (Å²) in [5.41, 5.74) is 20.4. The van der Waals surface area contributed by atoms with Gasteiger partial charge in [-0.3, -0.25) is 0 Å². The molecule has 2 unspecified atom stereocenters. The minimum absolute atomic E-state index is 0.0759. The molecular weight excluding hydrogens is 492 g/mol. The molecule has 1 aliphatic carbocycles. The van der Waals surface area contributed by atoms with E-state index < -0.39 is 0 Å². The average Bonchev–Trinajstić information content (AvgIpc) is 2.77. The van der Waals surface area contributed by atoms with E-state index in [1.54, 1.807) is 0 Å². The van der Waals surface area contributed by atoms with Gasteiger partial charge >= 0.3 is 0 Å². The minimum Gasteiger partial charge on any atom is -0.507 e. The predicted octanol–water partition coefficient (Wildman–Crippen LogP) is 8.20. The monoisotopic (exact) mass is 546 g/mol. The molecule has 0 aromatic heterocycles. The van der Waals surface area contributed by atoms with Crippen LogP contribution in [0.3, 0.4) is 0 Å². The molecule has 6 N–H and O–H groups in total. The number of phenols is 2. The number of hydrogen-bond acceptors (Lipinski definition) is 4. The highest BCUT2D eigenvalue weighted by molar-refractivity contribution is 5.74. The molecule has 4 heteroatoms. The van der Waals surface area contributed by atoms with E-state index in [4.69, 9.17) is 11.5 Å². The van der Waals surface area contributed by atoms with Gasteiger partial charge in [-0.1, -0.05) is 95.2 Å². The fourth-order valence-electron chi connectivity index (χ4n) is 5.33. The number of hydrogen-bond donors (Lipinski definition) is 4. The molecule has 3 rings (SSSR count). The molecule has 1 saturated carbocycles. The number of nitrogens with two attached hydrogens (primary N) is 2. The van der Waals surface area contributed by atoms with Crippen molar-refractivity contribution in [3.8, 4) is 11.5 Å². The summed E-state index contributed by atoms with van der Waals surface area (Å²) in [6.07, 6.45) is 5.63. The van der Waals surface area contributed by atoms with Crippen molar-refractivity contribution in [2.75, 3.05) is 0 Å². The molecule has 4 nitrogen and oxygen atoms in total. The molecule has 1 aliphatic rings. The van der Waals surface area contributed by atoms with Crippen molar-refractivity contribution in [2.24, 2.45) is 11.5 Å². The molecule has 0 aliphatic heterocycles. The van der Waals surface area contributed by atoms with Crippen LogP contribution in [-0.2, 0) is 21.7 Å². The second-order valence-electron chi connectivity index (χ2n) is 15.9. The SMILES string of the molecule is CC(C)(C)c1cc(C=C2CCC(N)C(N)C2=Cc2cc(C(C)(C)C)cc(C(C)(C)C)c2O)c(O)c(C(C)(C)C)c1. The Hall–Kier alpha value is -2.56. The first kappa shape index (κ1) is 32.0. The van der Waals surface area contributed by atoms with Crippen molar-refractivity contribution in [3.05, 3.63) is 68.8 Å². The molecule has 0 radical (unpaired) electrons. The van der Waals surface area contributed by atoms with Gasteiger partial charge < -0.3 is 21.7 Å². The predicted molar refractivity (Wildman–Crippen MR) is 172 cm³/mol. The second-order valence-corrected chi connectivity index (χ2v) is 15.9. The Morgan fingerprint density at radius 2 is 1.02 bits per heavy atom. The van der Waals surface area contributed by atoms with E-state index in [1.165, 1.54) is 5.56 Å². The van der Waals surface area contributed by atoms with E-state index >= 15 is 0 Å². The molecule has 0 heterocycles. The molecule has 1 fully saturated rings. The van der Waals surface area contributed by atoms with Crippen LogP contribution in [0.15, 0.2) is 35.4 Å². The Bertz CT molecular complexity index is 1320. The molecule has 2 aromatic carbocycles. The topological polar surface area (TPSA) is 92.5 Å². The van der Waals surface area contributed by atoms with Gasteiger partial charge in [-0.05, 0) is 81.1 Å². The van der Waals surface area contributed by atoms with E-state index in [-0.39, 0.29) is 39.5 Å². The quantitative estimate of drug-likeness (QED) is 0.305. The first-order chi connectivity index (χ1) is 18.0. The Kier molecular flexibility index (Phi) is 8.54. The summed E-state index contributed by atoms with van der Waals surface area (Å²) in [7, 11) is 0. The van der Waals surface area contributed by atoms with Gasteiger partial charge in [-0.2, -0.15) is 0 Å². The van der Waals surface area contributed by atoms with Gasteiger partial charge in [0.1, 0.15) is 11.5 Å². The van der Waals surface area contributed by atoms with Crippen LogP contribution in [0, 0.1) is 0 Å². The summed E-state index contributed by atoms with van der Waals surface area (Å²) in [5, 5.41) is 23.0. The highest BCUT2D eigenvalue weighted by Gasteiger charge is 2.30. The zero-order valence-electron chi connectivity index (χ0n) is 27.1. The highest BCUT2D eigenvalue weighted by atomic mass is 16.3. The number of aromatic hydroxyl groups is 2. The van der Waals surface area contributed by atoms with E-state index in [0.29, 0.717) is 5.75 Å². The largest absolute Gasteiger partial charge is 0.507 e. The maximum absolute atomic E-state index is 11.5. The lowest BCUT2D eigenvalue weighted by molar-refractivity contribution is 0.442. The lowest BCUT2D eigenvalue weighted by atomic mass is 9.76. The van der Waals surface area contributed by atoms with Crippen molar-refractivity contribution < 1.29 is 10.2 Å². The van der Waals surface area contributed by atoms with E-state index in [9.17, 15) is 10.2 Å². The van der Waals surface area contributed by atoms with Gasteiger partial charge in [-0.15, -0.1) is 0 Å². The zero-order valence-corrected chi connectivity index (χ0v) is 27.1. The zero-order chi connectivity index (χ0) is 30.6. The van der Waals surface area contributed by atoms with Crippen molar-refractivity contribution >= 4 is 12.2 Å². The molecule has 0 bridgehead atoms. The maximum atomic E-state index is 11.5. The van der Waals surface area contributed by atoms with Crippen LogP contribution in [0.2, 0.25) is 0 Å². The average molecular weight is 547 g/mol. The molecule has 220 valence electrons. The van der Waals surface area contributed by atoms with Crippen molar-refractivity contribution in [3.63, 3.8) is 0 Å². The first-order valence-electron chi connectivity index (χ1n) is 14.7. The third kappa shape index (κ3) is 6.83. The van der Waals surface area contributed by atoms with Crippen molar-refractivity contribution in [1.29, 1.82) is 0 Å². The van der Waals surface area contributed by atoms with Gasteiger partial charge in [0, 0.05) is 34.3 Å². The smallest absolute Gasteiger partial charge is 0.126 e. The van der Waals surface area contributed by atoms with Crippen LogP contribution in [0.5, 0.6) is 11.5 Å².